The first-order valence-corrected chi connectivity index (χ1v) is 6.41. The van der Waals surface area contributed by atoms with E-state index in [1.54, 1.807) is 18.3 Å². The number of carbonyl (C=O) groups is 1. The molecular formula is C16H12ClNO. The Bertz CT molecular complexity index is 773. The van der Waals surface area contributed by atoms with E-state index in [4.69, 9.17) is 11.6 Å². The van der Waals surface area contributed by atoms with Gasteiger partial charge in [0, 0.05) is 28.2 Å². The van der Waals surface area contributed by atoms with Gasteiger partial charge >= 0.3 is 0 Å². The molecule has 0 unspecified atom stereocenters. The van der Waals surface area contributed by atoms with Gasteiger partial charge in [0.1, 0.15) is 0 Å². The summed E-state index contributed by atoms with van der Waals surface area (Å²) in [6, 6.07) is 13.1. The van der Waals surface area contributed by atoms with Gasteiger partial charge in [0.05, 0.1) is 5.02 Å². The van der Waals surface area contributed by atoms with E-state index in [-0.39, 0.29) is 5.78 Å². The first-order chi connectivity index (χ1) is 9.16. The Labute approximate surface area is 116 Å². The molecule has 3 aromatic rings. The lowest BCUT2D eigenvalue weighted by atomic mass is 10.0. The van der Waals surface area contributed by atoms with E-state index in [0.717, 1.165) is 16.5 Å². The van der Waals surface area contributed by atoms with Crippen molar-refractivity contribution in [3.63, 3.8) is 0 Å². The van der Waals surface area contributed by atoms with Gasteiger partial charge in [-0.1, -0.05) is 35.4 Å². The lowest BCUT2D eigenvalue weighted by molar-refractivity contribution is 0.104. The maximum absolute atomic E-state index is 12.5. The van der Waals surface area contributed by atoms with Crippen molar-refractivity contribution in [3.8, 4) is 0 Å². The molecule has 0 spiro atoms. The van der Waals surface area contributed by atoms with Gasteiger partial charge in [-0.25, -0.2) is 0 Å². The van der Waals surface area contributed by atoms with Gasteiger partial charge in [-0.2, -0.15) is 0 Å². The lowest BCUT2D eigenvalue weighted by Gasteiger charge is -2.02. The van der Waals surface area contributed by atoms with E-state index in [1.165, 1.54) is 0 Å². The summed E-state index contributed by atoms with van der Waals surface area (Å²) in [5, 5.41) is 1.42. The second kappa shape index (κ2) is 4.56. The van der Waals surface area contributed by atoms with E-state index < -0.39 is 0 Å². The van der Waals surface area contributed by atoms with Gasteiger partial charge in [-0.15, -0.1) is 0 Å². The molecule has 0 amide bonds. The summed E-state index contributed by atoms with van der Waals surface area (Å²) < 4.78 is 0. The number of halogens is 1. The highest BCUT2D eigenvalue weighted by molar-refractivity contribution is 6.35. The highest BCUT2D eigenvalue weighted by Crippen LogP contribution is 2.25. The van der Waals surface area contributed by atoms with Gasteiger partial charge in [0.15, 0.2) is 5.78 Å². The van der Waals surface area contributed by atoms with Crippen LogP contribution in [-0.2, 0) is 0 Å². The normalized spacial score (nSPS) is 10.8. The summed E-state index contributed by atoms with van der Waals surface area (Å²) in [6.45, 7) is 2.01. The standard InChI is InChI=1S/C16H12ClNO/c1-10-6-7-15-12(8-10)13(9-18-15)16(19)11-4-2-3-5-14(11)17/h2-9,18H,1H3. The molecule has 1 aromatic heterocycles. The summed E-state index contributed by atoms with van der Waals surface area (Å²) in [5.74, 6) is -0.0533. The highest BCUT2D eigenvalue weighted by Gasteiger charge is 2.16. The van der Waals surface area contributed by atoms with E-state index in [0.29, 0.717) is 16.1 Å². The Morgan fingerprint density at radius 3 is 2.68 bits per heavy atom. The van der Waals surface area contributed by atoms with Crippen LogP contribution in [0.3, 0.4) is 0 Å². The molecule has 3 rings (SSSR count). The average molecular weight is 270 g/mol. The fraction of sp³-hybridized carbons (Fsp3) is 0.0625. The van der Waals surface area contributed by atoms with E-state index >= 15 is 0 Å². The summed E-state index contributed by atoms with van der Waals surface area (Å²) in [7, 11) is 0. The second-order valence-corrected chi connectivity index (χ2v) is 4.97. The van der Waals surface area contributed by atoms with Crippen LogP contribution in [0.5, 0.6) is 0 Å². The quantitative estimate of drug-likeness (QED) is 0.689. The molecule has 19 heavy (non-hydrogen) atoms. The Morgan fingerprint density at radius 2 is 1.89 bits per heavy atom. The number of fused-ring (bicyclic) bond motifs is 1. The fourth-order valence-electron chi connectivity index (χ4n) is 2.21. The number of H-pyrrole nitrogens is 1. The van der Waals surface area contributed by atoms with Gasteiger partial charge in [-0.3, -0.25) is 4.79 Å². The van der Waals surface area contributed by atoms with Crippen LogP contribution in [0.4, 0.5) is 0 Å². The molecule has 0 saturated carbocycles. The number of hydrogen-bond acceptors (Lipinski definition) is 1. The summed E-state index contributed by atoms with van der Waals surface area (Å²) in [4.78, 5) is 15.7. The maximum atomic E-state index is 12.5. The fourth-order valence-corrected chi connectivity index (χ4v) is 2.43. The molecule has 1 heterocycles. The van der Waals surface area contributed by atoms with Crippen LogP contribution in [0.2, 0.25) is 5.02 Å². The molecule has 3 heteroatoms. The second-order valence-electron chi connectivity index (χ2n) is 4.56. The Kier molecular flexibility index (Phi) is 2.88. The minimum absolute atomic E-state index is 0.0533. The molecule has 2 aromatic carbocycles. The van der Waals surface area contributed by atoms with Crippen molar-refractivity contribution in [1.29, 1.82) is 0 Å². The van der Waals surface area contributed by atoms with Crippen LogP contribution in [0.15, 0.2) is 48.7 Å². The molecule has 0 atom stereocenters. The Hall–Kier alpha value is -2.06. The predicted molar refractivity (Wildman–Crippen MR) is 77.9 cm³/mol. The molecule has 0 bridgehead atoms. The smallest absolute Gasteiger partial charge is 0.196 e. The molecule has 0 saturated heterocycles. The minimum atomic E-state index is -0.0533. The van der Waals surface area contributed by atoms with Gasteiger partial charge < -0.3 is 4.98 Å². The number of aromatic nitrogens is 1. The van der Waals surface area contributed by atoms with Gasteiger partial charge in [0.2, 0.25) is 0 Å². The van der Waals surface area contributed by atoms with E-state index in [9.17, 15) is 4.79 Å². The van der Waals surface area contributed by atoms with Crippen molar-refractivity contribution >= 4 is 28.3 Å². The van der Waals surface area contributed by atoms with Crippen molar-refractivity contribution in [2.24, 2.45) is 0 Å². The summed E-state index contributed by atoms with van der Waals surface area (Å²) in [5.41, 5.74) is 3.28. The first kappa shape index (κ1) is 12.0. The van der Waals surface area contributed by atoms with Crippen molar-refractivity contribution in [2.45, 2.75) is 6.92 Å². The molecule has 0 aliphatic heterocycles. The maximum Gasteiger partial charge on any atom is 0.196 e. The van der Waals surface area contributed by atoms with Crippen LogP contribution >= 0.6 is 11.6 Å². The number of hydrogen-bond donors (Lipinski definition) is 1. The van der Waals surface area contributed by atoms with Crippen molar-refractivity contribution in [2.75, 3.05) is 0 Å². The third-order valence-electron chi connectivity index (χ3n) is 3.20. The minimum Gasteiger partial charge on any atom is -0.360 e. The monoisotopic (exact) mass is 269 g/mol. The predicted octanol–water partition coefficient (Wildman–Crippen LogP) is 4.36. The number of aryl methyl sites for hydroxylation is 1. The van der Waals surface area contributed by atoms with E-state index in [1.807, 2.05) is 37.3 Å². The Balaban J connectivity index is 2.17. The SMILES string of the molecule is Cc1ccc2[nH]cc(C(=O)c3ccccc3Cl)c2c1. The lowest BCUT2D eigenvalue weighted by Crippen LogP contribution is -2.01. The van der Waals surface area contributed by atoms with Crippen molar-refractivity contribution in [3.05, 3.63) is 70.4 Å². The molecule has 0 radical (unpaired) electrons. The highest BCUT2D eigenvalue weighted by atomic mass is 35.5. The molecule has 0 aliphatic carbocycles. The molecule has 2 nitrogen and oxygen atoms in total. The van der Waals surface area contributed by atoms with E-state index in [2.05, 4.69) is 4.98 Å². The first-order valence-electron chi connectivity index (χ1n) is 6.04. The summed E-state index contributed by atoms with van der Waals surface area (Å²) in [6.07, 6.45) is 1.75. The molecule has 0 fully saturated rings. The van der Waals surface area contributed by atoms with Crippen LogP contribution in [0, 0.1) is 6.92 Å². The van der Waals surface area contributed by atoms with Crippen molar-refractivity contribution in [1.82, 2.24) is 4.98 Å². The number of nitrogens with one attached hydrogen (secondary N) is 1. The van der Waals surface area contributed by atoms with Crippen LogP contribution in [-0.4, -0.2) is 10.8 Å². The van der Waals surface area contributed by atoms with Crippen molar-refractivity contribution < 1.29 is 4.79 Å². The summed E-state index contributed by atoms with van der Waals surface area (Å²) >= 11 is 6.09. The molecule has 94 valence electrons. The molecule has 1 N–H and O–H groups in total. The number of ketones is 1. The van der Waals surface area contributed by atoms with Crippen LogP contribution in [0.1, 0.15) is 21.5 Å². The number of benzene rings is 2. The Morgan fingerprint density at radius 1 is 1.11 bits per heavy atom. The topological polar surface area (TPSA) is 32.9 Å². The van der Waals surface area contributed by atoms with Crippen LogP contribution < -0.4 is 0 Å². The van der Waals surface area contributed by atoms with Gasteiger partial charge in [-0.05, 0) is 31.2 Å². The zero-order valence-corrected chi connectivity index (χ0v) is 11.2. The number of rotatable bonds is 2. The van der Waals surface area contributed by atoms with Gasteiger partial charge in [0.25, 0.3) is 0 Å². The van der Waals surface area contributed by atoms with Crippen LogP contribution in [0.25, 0.3) is 10.9 Å². The third-order valence-corrected chi connectivity index (χ3v) is 3.53. The number of carbonyl (C=O) groups excluding carboxylic acids is 1. The molecular weight excluding hydrogens is 258 g/mol. The zero-order valence-electron chi connectivity index (χ0n) is 10.4. The average Bonchev–Trinajstić information content (AvgIpc) is 2.81. The number of aromatic amines is 1. The third kappa shape index (κ3) is 2.04. The molecule has 0 aliphatic rings. The zero-order chi connectivity index (χ0) is 13.4. The largest absolute Gasteiger partial charge is 0.360 e.